The number of H-pyrrole nitrogens is 1. The molecule has 0 bridgehead atoms. The third kappa shape index (κ3) is 3.38. The van der Waals surface area contributed by atoms with Crippen LogP contribution in [0.5, 0.6) is 0 Å². The molecule has 2 rings (SSSR count). The highest BCUT2D eigenvalue weighted by Gasteiger charge is 2.29. The van der Waals surface area contributed by atoms with E-state index in [-0.39, 0.29) is 28.5 Å². The summed E-state index contributed by atoms with van der Waals surface area (Å²) in [5.41, 5.74) is 5.66. The number of amides is 1. The zero-order chi connectivity index (χ0) is 16.5. The van der Waals surface area contributed by atoms with Crippen LogP contribution in [0, 0.1) is 12.8 Å². The molecule has 4 N–H and O–H groups in total. The van der Waals surface area contributed by atoms with Crippen LogP contribution in [0.1, 0.15) is 61.9 Å². The second-order valence-corrected chi connectivity index (χ2v) is 7.13. The van der Waals surface area contributed by atoms with Crippen LogP contribution in [0.4, 0.5) is 0 Å². The van der Waals surface area contributed by atoms with Gasteiger partial charge < -0.3 is 16.0 Å². The molecule has 2 atom stereocenters. The Hall–Kier alpha value is -1.69. The molecule has 0 saturated heterocycles. The molecule has 122 valence electrons. The number of aromatic amines is 1. The van der Waals surface area contributed by atoms with Crippen LogP contribution < -0.4 is 16.6 Å². The largest absolute Gasteiger partial charge is 0.349 e. The quantitative estimate of drug-likeness (QED) is 0.782. The molecule has 1 aromatic heterocycles. The van der Waals surface area contributed by atoms with E-state index in [0.29, 0.717) is 24.0 Å². The lowest BCUT2D eigenvalue weighted by Gasteiger charge is -2.21. The number of carbonyl (C=O) groups excluding carboxylic acids is 1. The average molecular weight is 306 g/mol. The second-order valence-electron chi connectivity index (χ2n) is 7.13. The first kappa shape index (κ1) is 16.7. The van der Waals surface area contributed by atoms with Gasteiger partial charge in [0.1, 0.15) is 11.4 Å². The van der Waals surface area contributed by atoms with Crippen molar-refractivity contribution in [2.45, 2.75) is 58.4 Å². The van der Waals surface area contributed by atoms with Crippen molar-refractivity contribution < 1.29 is 4.79 Å². The molecule has 6 heteroatoms. The Balaban J connectivity index is 2.25. The van der Waals surface area contributed by atoms with Crippen molar-refractivity contribution in [2.75, 3.05) is 6.54 Å². The number of aromatic nitrogens is 2. The lowest BCUT2D eigenvalue weighted by Crippen LogP contribution is -2.42. The van der Waals surface area contributed by atoms with Gasteiger partial charge in [0.2, 0.25) is 0 Å². The molecule has 0 spiro atoms. The number of hydrogen-bond acceptors (Lipinski definition) is 4. The van der Waals surface area contributed by atoms with E-state index in [1.54, 1.807) is 6.92 Å². The molecular formula is C16H26N4O2. The molecule has 1 aliphatic carbocycles. The van der Waals surface area contributed by atoms with Crippen LogP contribution >= 0.6 is 0 Å². The second kappa shape index (κ2) is 6.20. The van der Waals surface area contributed by atoms with E-state index in [2.05, 4.69) is 15.3 Å². The van der Waals surface area contributed by atoms with Gasteiger partial charge in [-0.3, -0.25) is 9.59 Å². The van der Waals surface area contributed by atoms with Gasteiger partial charge in [-0.25, -0.2) is 4.98 Å². The van der Waals surface area contributed by atoms with E-state index in [9.17, 15) is 9.59 Å². The van der Waals surface area contributed by atoms with E-state index < -0.39 is 0 Å². The topological polar surface area (TPSA) is 101 Å². The predicted octanol–water partition coefficient (Wildman–Crippen LogP) is 1.23. The van der Waals surface area contributed by atoms with Crippen molar-refractivity contribution in [2.24, 2.45) is 11.7 Å². The monoisotopic (exact) mass is 306 g/mol. The van der Waals surface area contributed by atoms with Gasteiger partial charge >= 0.3 is 0 Å². The Morgan fingerprint density at radius 2 is 2.09 bits per heavy atom. The van der Waals surface area contributed by atoms with E-state index in [1.807, 2.05) is 20.8 Å². The van der Waals surface area contributed by atoms with Crippen LogP contribution in [-0.2, 0) is 5.41 Å². The number of hydrogen-bond donors (Lipinski definition) is 3. The zero-order valence-corrected chi connectivity index (χ0v) is 13.8. The maximum Gasteiger partial charge on any atom is 0.264 e. The van der Waals surface area contributed by atoms with Gasteiger partial charge in [-0.2, -0.15) is 0 Å². The molecule has 0 aliphatic heterocycles. The number of nitrogens with two attached hydrogens (primary N) is 1. The molecule has 2 unspecified atom stereocenters. The zero-order valence-electron chi connectivity index (χ0n) is 13.8. The molecule has 22 heavy (non-hydrogen) atoms. The summed E-state index contributed by atoms with van der Waals surface area (Å²) in [6.07, 6.45) is 3.00. The van der Waals surface area contributed by atoms with Gasteiger partial charge in [-0.15, -0.1) is 0 Å². The van der Waals surface area contributed by atoms with Crippen LogP contribution in [-0.4, -0.2) is 28.5 Å². The van der Waals surface area contributed by atoms with Crippen LogP contribution in [0.15, 0.2) is 4.79 Å². The lowest BCUT2D eigenvalue weighted by atomic mass is 9.95. The van der Waals surface area contributed by atoms with Crippen molar-refractivity contribution in [3.05, 3.63) is 27.4 Å². The first-order chi connectivity index (χ1) is 10.2. The van der Waals surface area contributed by atoms with Gasteiger partial charge in [-0.05, 0) is 32.2 Å². The van der Waals surface area contributed by atoms with E-state index in [1.165, 1.54) is 0 Å². The number of carbonyl (C=O) groups is 1. The lowest BCUT2D eigenvalue weighted by molar-refractivity contribution is 0.0926. The third-order valence-corrected chi connectivity index (χ3v) is 4.32. The summed E-state index contributed by atoms with van der Waals surface area (Å²) in [6.45, 7) is 8.16. The Kier molecular flexibility index (Phi) is 4.70. The number of rotatable bonds is 3. The number of nitrogens with one attached hydrogen (secondary N) is 2. The minimum Gasteiger partial charge on any atom is -0.349 e. The molecule has 0 aromatic carbocycles. The number of aryl methyl sites for hydroxylation is 1. The predicted molar refractivity (Wildman–Crippen MR) is 85.9 cm³/mol. The first-order valence-electron chi connectivity index (χ1n) is 7.86. The minimum absolute atomic E-state index is 0.0543. The standard InChI is InChI=1S/C16H26N4O2/c1-9-12(14(22)20-15(18-9)16(2,3)4)13(21)19-11-7-5-6-10(11)8-17/h10-11H,5-8,17H2,1-4H3,(H,19,21)(H,18,20,22). The van der Waals surface area contributed by atoms with Gasteiger partial charge in [0.05, 0.1) is 5.69 Å². The van der Waals surface area contributed by atoms with Crippen LogP contribution in [0.2, 0.25) is 0 Å². The summed E-state index contributed by atoms with van der Waals surface area (Å²) in [7, 11) is 0. The van der Waals surface area contributed by atoms with Gasteiger partial charge in [0.25, 0.3) is 11.5 Å². The smallest absolute Gasteiger partial charge is 0.264 e. The summed E-state index contributed by atoms with van der Waals surface area (Å²) < 4.78 is 0. The van der Waals surface area contributed by atoms with Crippen LogP contribution in [0.25, 0.3) is 0 Å². The highest BCUT2D eigenvalue weighted by atomic mass is 16.2. The van der Waals surface area contributed by atoms with Gasteiger partial charge in [0.15, 0.2) is 0 Å². The van der Waals surface area contributed by atoms with Crippen LogP contribution in [0.3, 0.4) is 0 Å². The molecule has 1 amide bonds. The number of nitrogens with zero attached hydrogens (tertiary/aromatic N) is 1. The molecule has 6 nitrogen and oxygen atoms in total. The molecular weight excluding hydrogens is 280 g/mol. The normalized spacial score (nSPS) is 21.9. The molecule has 1 aromatic rings. The fraction of sp³-hybridized carbons (Fsp3) is 0.688. The summed E-state index contributed by atoms with van der Waals surface area (Å²) in [5, 5.41) is 2.96. The molecule has 1 heterocycles. The maximum absolute atomic E-state index is 12.5. The van der Waals surface area contributed by atoms with Crippen molar-refractivity contribution in [1.82, 2.24) is 15.3 Å². The van der Waals surface area contributed by atoms with E-state index >= 15 is 0 Å². The highest BCUT2D eigenvalue weighted by Crippen LogP contribution is 2.25. The van der Waals surface area contributed by atoms with Crippen molar-refractivity contribution in [1.29, 1.82) is 0 Å². The van der Waals surface area contributed by atoms with E-state index in [0.717, 1.165) is 19.3 Å². The maximum atomic E-state index is 12.5. The highest BCUT2D eigenvalue weighted by molar-refractivity contribution is 5.95. The molecule has 0 radical (unpaired) electrons. The Labute approximate surface area is 130 Å². The average Bonchev–Trinajstić information content (AvgIpc) is 2.83. The minimum atomic E-state index is -0.378. The van der Waals surface area contributed by atoms with Crippen molar-refractivity contribution in [3.63, 3.8) is 0 Å². The fourth-order valence-corrected chi connectivity index (χ4v) is 2.96. The Morgan fingerprint density at radius 3 is 2.64 bits per heavy atom. The first-order valence-corrected chi connectivity index (χ1v) is 7.86. The fourth-order valence-electron chi connectivity index (χ4n) is 2.96. The SMILES string of the molecule is Cc1nc(C(C)(C)C)[nH]c(=O)c1C(=O)NC1CCCC1CN. The van der Waals surface area contributed by atoms with Gasteiger partial charge in [-0.1, -0.05) is 27.2 Å². The van der Waals surface area contributed by atoms with Crippen molar-refractivity contribution >= 4 is 5.91 Å². The summed E-state index contributed by atoms with van der Waals surface area (Å²) >= 11 is 0. The Morgan fingerprint density at radius 1 is 1.41 bits per heavy atom. The van der Waals surface area contributed by atoms with Crippen molar-refractivity contribution in [3.8, 4) is 0 Å². The third-order valence-electron chi connectivity index (χ3n) is 4.32. The van der Waals surface area contributed by atoms with Gasteiger partial charge in [0, 0.05) is 11.5 Å². The Bertz CT molecular complexity index is 616. The molecule has 1 aliphatic rings. The summed E-state index contributed by atoms with van der Waals surface area (Å²) in [6, 6.07) is 0.0543. The van der Waals surface area contributed by atoms with E-state index in [4.69, 9.17) is 5.73 Å². The molecule has 1 fully saturated rings. The summed E-state index contributed by atoms with van der Waals surface area (Å²) in [5.74, 6) is 0.537. The molecule has 1 saturated carbocycles. The summed E-state index contributed by atoms with van der Waals surface area (Å²) in [4.78, 5) is 31.9.